The number of nitrogens with zero attached hydrogens (tertiary/aromatic N) is 6. The molecule has 0 radical (unpaired) electrons. The number of primary amides is 1. The van der Waals surface area contributed by atoms with Crippen molar-refractivity contribution >= 4 is 17.8 Å². The molecule has 0 fully saturated rings. The molecule has 36 heavy (non-hydrogen) atoms. The molecule has 1 atom stereocenters. The van der Waals surface area contributed by atoms with Crippen LogP contribution in [0.15, 0.2) is 67.3 Å². The second kappa shape index (κ2) is 9.90. The fourth-order valence-corrected chi connectivity index (χ4v) is 4.28. The Morgan fingerprint density at radius 1 is 1.14 bits per heavy atom. The number of anilines is 1. The minimum Gasteiger partial charge on any atom is -0.457 e. The molecular weight excluding hydrogens is 460 g/mol. The zero-order valence-electron chi connectivity index (χ0n) is 19.7. The second-order valence-electron chi connectivity index (χ2n) is 8.52. The lowest BCUT2D eigenvalue weighted by atomic mass is 10.1. The van der Waals surface area contributed by atoms with Crippen LogP contribution < -0.4 is 15.8 Å². The van der Waals surface area contributed by atoms with E-state index in [1.54, 1.807) is 11.9 Å². The number of para-hydroxylation sites is 1. The molecule has 11 nitrogen and oxygen atoms in total. The summed E-state index contributed by atoms with van der Waals surface area (Å²) in [4.78, 5) is 30.3. The maximum Gasteiger partial charge on any atom is 0.345 e. The molecule has 0 aliphatic carbocycles. The highest BCUT2D eigenvalue weighted by molar-refractivity contribution is 6.03. The molecule has 11 heteroatoms. The minimum absolute atomic E-state index is 0.0141. The molecule has 5 rings (SSSR count). The van der Waals surface area contributed by atoms with E-state index in [-0.39, 0.29) is 12.1 Å². The van der Waals surface area contributed by atoms with Gasteiger partial charge in [-0.05, 0) is 49.2 Å². The Labute approximate surface area is 207 Å². The molecular formula is C25H26N8O3. The van der Waals surface area contributed by atoms with Gasteiger partial charge in [0, 0.05) is 25.7 Å². The molecule has 2 amide bonds. The quantitative estimate of drug-likeness (QED) is 0.409. The van der Waals surface area contributed by atoms with E-state index >= 15 is 0 Å². The first-order valence-electron chi connectivity index (χ1n) is 11.6. The Hall–Kier alpha value is -4.67. The van der Waals surface area contributed by atoms with Crippen molar-refractivity contribution < 1.29 is 14.3 Å². The second-order valence-corrected chi connectivity index (χ2v) is 8.52. The number of fused-ring (bicyclic) bond motifs is 1. The van der Waals surface area contributed by atoms with Crippen molar-refractivity contribution in [3.8, 4) is 22.8 Å². The Morgan fingerprint density at radius 2 is 1.89 bits per heavy atom. The van der Waals surface area contributed by atoms with Gasteiger partial charge < -0.3 is 20.7 Å². The number of rotatable bonds is 7. The Morgan fingerprint density at radius 3 is 2.58 bits per heavy atom. The zero-order valence-corrected chi connectivity index (χ0v) is 19.7. The summed E-state index contributed by atoms with van der Waals surface area (Å²) in [5, 5.41) is 12.0. The first-order chi connectivity index (χ1) is 17.5. The molecule has 0 spiro atoms. The predicted octanol–water partition coefficient (Wildman–Crippen LogP) is 3.38. The lowest BCUT2D eigenvalue weighted by Gasteiger charge is -2.27. The summed E-state index contributed by atoms with van der Waals surface area (Å²) in [5.74, 6) is 1.46. The third-order valence-corrected chi connectivity index (χ3v) is 6.12. The fraction of sp³-hybridized carbons (Fsp3) is 0.240. The highest BCUT2D eigenvalue weighted by Crippen LogP contribution is 2.36. The summed E-state index contributed by atoms with van der Waals surface area (Å²) in [6.07, 6.45) is 4.13. The first-order valence-corrected chi connectivity index (χ1v) is 11.6. The van der Waals surface area contributed by atoms with E-state index in [9.17, 15) is 9.59 Å². The molecule has 1 aliphatic rings. The first kappa shape index (κ1) is 23.1. The van der Waals surface area contributed by atoms with Crippen molar-refractivity contribution in [2.45, 2.75) is 18.9 Å². The van der Waals surface area contributed by atoms with Gasteiger partial charge in [0.05, 0.1) is 6.04 Å². The maximum atomic E-state index is 12.5. The average molecular weight is 487 g/mol. The third kappa shape index (κ3) is 4.63. The fourth-order valence-electron chi connectivity index (χ4n) is 4.28. The number of amides is 2. The number of nitrogens with two attached hydrogens (primary N) is 1. The van der Waals surface area contributed by atoms with Gasteiger partial charge in [-0.1, -0.05) is 18.2 Å². The monoisotopic (exact) mass is 486 g/mol. The summed E-state index contributed by atoms with van der Waals surface area (Å²) in [6, 6.07) is 16.6. The van der Waals surface area contributed by atoms with Crippen LogP contribution in [0.2, 0.25) is 0 Å². The molecule has 1 unspecified atom stereocenters. The van der Waals surface area contributed by atoms with Gasteiger partial charge in [-0.2, -0.15) is 14.9 Å². The van der Waals surface area contributed by atoms with Crippen molar-refractivity contribution in [3.63, 3.8) is 0 Å². The number of nitrogens with one attached hydrogen (secondary N) is 1. The molecule has 0 bridgehead atoms. The van der Waals surface area contributed by atoms with E-state index < -0.39 is 5.91 Å². The van der Waals surface area contributed by atoms with Crippen LogP contribution in [0.4, 0.5) is 10.6 Å². The van der Waals surface area contributed by atoms with E-state index in [0.717, 1.165) is 17.7 Å². The molecule has 3 N–H and O–H groups in total. The minimum atomic E-state index is -0.553. The lowest BCUT2D eigenvalue weighted by Crippen LogP contribution is -2.34. The average Bonchev–Trinajstić information content (AvgIpc) is 3.56. The van der Waals surface area contributed by atoms with E-state index in [2.05, 4.69) is 15.4 Å². The van der Waals surface area contributed by atoms with Gasteiger partial charge in [0.2, 0.25) is 0 Å². The number of aromatic nitrogens is 5. The van der Waals surface area contributed by atoms with Crippen LogP contribution in [0.1, 0.15) is 29.2 Å². The highest BCUT2D eigenvalue weighted by Gasteiger charge is 2.30. The molecule has 1 aliphatic heterocycles. The summed E-state index contributed by atoms with van der Waals surface area (Å²) >= 11 is 0. The number of carbonyl (C=O) groups excluding carboxylic acids is 2. The molecule has 0 saturated heterocycles. The van der Waals surface area contributed by atoms with Crippen LogP contribution in [-0.2, 0) is 0 Å². The van der Waals surface area contributed by atoms with Crippen molar-refractivity contribution in [3.05, 3.63) is 72.8 Å². The van der Waals surface area contributed by atoms with E-state index in [4.69, 9.17) is 15.6 Å². The smallest absolute Gasteiger partial charge is 0.345 e. The molecule has 0 saturated carbocycles. The van der Waals surface area contributed by atoms with Crippen LogP contribution in [0.5, 0.6) is 11.5 Å². The predicted molar refractivity (Wildman–Crippen MR) is 133 cm³/mol. The van der Waals surface area contributed by atoms with Crippen molar-refractivity contribution in [1.29, 1.82) is 0 Å². The number of carbonyl (C=O) groups is 2. The summed E-state index contributed by atoms with van der Waals surface area (Å²) < 4.78 is 8.89. The molecule has 3 heterocycles. The molecule has 4 aromatic rings. The summed E-state index contributed by atoms with van der Waals surface area (Å²) in [7, 11) is 1.72. The van der Waals surface area contributed by atoms with Gasteiger partial charge in [-0.3, -0.25) is 4.79 Å². The van der Waals surface area contributed by atoms with Gasteiger partial charge in [-0.15, -0.1) is 0 Å². The molecule has 2 aromatic carbocycles. The van der Waals surface area contributed by atoms with Crippen molar-refractivity contribution in [2.24, 2.45) is 5.73 Å². The zero-order chi connectivity index (χ0) is 25.1. The van der Waals surface area contributed by atoms with E-state index in [1.165, 1.54) is 17.3 Å². The number of ether oxygens (including phenoxy) is 1. The van der Waals surface area contributed by atoms with Crippen molar-refractivity contribution in [2.75, 3.05) is 25.5 Å². The summed E-state index contributed by atoms with van der Waals surface area (Å²) in [5.41, 5.74) is 7.40. The Bertz CT molecular complexity index is 1350. The van der Waals surface area contributed by atoms with Gasteiger partial charge in [0.1, 0.15) is 41.2 Å². The Balaban J connectivity index is 1.37. The van der Waals surface area contributed by atoms with Crippen molar-refractivity contribution in [1.82, 2.24) is 29.4 Å². The van der Waals surface area contributed by atoms with Gasteiger partial charge in [0.25, 0.3) is 5.91 Å². The SMILES string of the molecule is CN(CCC1CCNc2c(C(N)=O)c(-c3ccc(Oc4ccccc4)cc3)nn21)C(=O)n1cncn1. The van der Waals surface area contributed by atoms with Gasteiger partial charge >= 0.3 is 6.03 Å². The lowest BCUT2D eigenvalue weighted by molar-refractivity contribution is 0.100. The third-order valence-electron chi connectivity index (χ3n) is 6.12. The normalized spacial score (nSPS) is 14.5. The van der Waals surface area contributed by atoms with Crippen LogP contribution in [-0.4, -0.2) is 61.5 Å². The maximum absolute atomic E-state index is 12.5. The molecule has 184 valence electrons. The topological polar surface area (TPSA) is 133 Å². The van der Waals surface area contributed by atoms with Crippen LogP contribution in [0, 0.1) is 0 Å². The Kier molecular flexibility index (Phi) is 6.35. The highest BCUT2D eigenvalue weighted by atomic mass is 16.5. The number of hydrogen-bond acceptors (Lipinski definition) is 7. The number of hydrogen-bond donors (Lipinski definition) is 2. The van der Waals surface area contributed by atoms with Gasteiger partial charge in [-0.25, -0.2) is 14.5 Å². The van der Waals surface area contributed by atoms with E-state index in [1.807, 2.05) is 59.3 Å². The van der Waals surface area contributed by atoms with Crippen LogP contribution in [0.3, 0.4) is 0 Å². The molecule has 2 aromatic heterocycles. The largest absolute Gasteiger partial charge is 0.457 e. The standard InChI is InChI=1S/C25H26N8O3/c1-31(25(35)32-16-27-15-29-32)14-12-18-11-13-28-24-21(23(26)34)22(30-33(18)24)17-7-9-20(10-8-17)36-19-5-3-2-4-6-19/h2-10,15-16,18,28H,11-14H2,1H3,(H2,26,34). The summed E-state index contributed by atoms with van der Waals surface area (Å²) in [6.45, 7) is 1.15. The number of benzene rings is 2. The van der Waals surface area contributed by atoms with Crippen LogP contribution >= 0.6 is 0 Å². The van der Waals surface area contributed by atoms with E-state index in [0.29, 0.717) is 42.3 Å². The van der Waals surface area contributed by atoms with Crippen LogP contribution in [0.25, 0.3) is 11.3 Å². The van der Waals surface area contributed by atoms with Gasteiger partial charge in [0.15, 0.2) is 0 Å².